The average molecular weight is 518 g/mol. The van der Waals surface area contributed by atoms with Gasteiger partial charge in [0.05, 0.1) is 25.9 Å². The molecule has 3 aliphatic heterocycles. The molecule has 0 bridgehead atoms. The maximum Gasteiger partial charge on any atom is 0.169 e. The number of hydrogen-bond donors (Lipinski definition) is 1. The van der Waals surface area contributed by atoms with Crippen molar-refractivity contribution in [2.45, 2.75) is 31.1 Å². The smallest absolute Gasteiger partial charge is 0.169 e. The zero-order valence-corrected chi connectivity index (χ0v) is 20.8. The molecule has 1 aromatic heterocycles. The number of nitrogens with zero attached hydrogens (tertiary/aromatic N) is 2. The van der Waals surface area contributed by atoms with Crippen LogP contribution in [0.5, 0.6) is 5.75 Å². The van der Waals surface area contributed by atoms with E-state index in [-0.39, 0.29) is 56.3 Å². The zero-order chi connectivity index (χ0) is 25.7. The summed E-state index contributed by atoms with van der Waals surface area (Å²) in [5.74, 6) is -1.30. The van der Waals surface area contributed by atoms with Crippen molar-refractivity contribution >= 4 is 10.9 Å². The Bertz CT molecular complexity index is 1260. The molecule has 5 nitrogen and oxygen atoms in total. The van der Waals surface area contributed by atoms with Crippen LogP contribution in [0.15, 0.2) is 36.4 Å². The van der Waals surface area contributed by atoms with Crippen molar-refractivity contribution in [3.63, 3.8) is 0 Å². The SMILES string of the molecule is C[C@@H]1Cc2c([nH]c3ccccc23)[C@@H](c2c(F)cc(OCCN3CC(CF)C3)cc2F)N1CC1(F)COC1. The van der Waals surface area contributed by atoms with Crippen molar-refractivity contribution in [1.29, 1.82) is 0 Å². The van der Waals surface area contributed by atoms with E-state index in [1.165, 1.54) is 12.1 Å². The number of rotatable bonds is 8. The molecule has 9 heteroatoms. The van der Waals surface area contributed by atoms with Crippen LogP contribution >= 0.6 is 0 Å². The molecule has 0 spiro atoms. The summed E-state index contributed by atoms with van der Waals surface area (Å²) in [5, 5.41) is 1.01. The number of halogens is 4. The van der Waals surface area contributed by atoms with E-state index in [1.807, 2.05) is 41.0 Å². The molecule has 2 aromatic carbocycles. The molecular formula is C28H31F4N3O2. The minimum atomic E-state index is -1.55. The van der Waals surface area contributed by atoms with E-state index < -0.39 is 23.3 Å². The molecule has 4 heterocycles. The van der Waals surface area contributed by atoms with Gasteiger partial charge >= 0.3 is 0 Å². The summed E-state index contributed by atoms with van der Waals surface area (Å²) >= 11 is 0. The number of H-pyrrole nitrogens is 1. The Hall–Kier alpha value is -2.62. The number of hydrogen-bond acceptors (Lipinski definition) is 4. The Balaban J connectivity index is 1.32. The highest BCUT2D eigenvalue weighted by molar-refractivity contribution is 5.85. The lowest BCUT2D eigenvalue weighted by Gasteiger charge is -2.46. The highest BCUT2D eigenvalue weighted by Crippen LogP contribution is 2.44. The number of aromatic nitrogens is 1. The number of para-hydroxylation sites is 1. The van der Waals surface area contributed by atoms with Gasteiger partial charge in [0.25, 0.3) is 0 Å². The summed E-state index contributed by atoms with van der Waals surface area (Å²) in [6.45, 7) is 3.76. The van der Waals surface area contributed by atoms with Crippen LogP contribution in [0, 0.1) is 17.6 Å². The molecule has 2 fully saturated rings. The molecule has 0 radical (unpaired) electrons. The normalized spacial score (nSPS) is 24.0. The second-order valence-electron chi connectivity index (χ2n) is 10.8. The number of alkyl halides is 2. The maximum atomic E-state index is 15.7. The van der Waals surface area contributed by atoms with Crippen LogP contribution in [0.25, 0.3) is 10.9 Å². The topological polar surface area (TPSA) is 40.7 Å². The molecule has 0 aliphatic carbocycles. The van der Waals surface area contributed by atoms with Crippen LogP contribution in [-0.2, 0) is 11.2 Å². The largest absolute Gasteiger partial charge is 0.492 e. The summed E-state index contributed by atoms with van der Waals surface area (Å²) in [4.78, 5) is 7.28. The second kappa shape index (κ2) is 9.60. The molecule has 6 rings (SSSR count). The average Bonchev–Trinajstić information content (AvgIpc) is 3.19. The van der Waals surface area contributed by atoms with Gasteiger partial charge in [-0.2, -0.15) is 0 Å². The predicted molar refractivity (Wildman–Crippen MR) is 132 cm³/mol. The van der Waals surface area contributed by atoms with E-state index >= 15 is 13.2 Å². The van der Waals surface area contributed by atoms with Gasteiger partial charge in [0.1, 0.15) is 24.0 Å². The number of nitrogens with one attached hydrogen (secondary N) is 1. The van der Waals surface area contributed by atoms with Crippen molar-refractivity contribution in [3.05, 3.63) is 64.9 Å². The number of likely N-dealkylation sites (tertiary alicyclic amines) is 1. The van der Waals surface area contributed by atoms with E-state index in [1.54, 1.807) is 0 Å². The van der Waals surface area contributed by atoms with Gasteiger partial charge in [0.15, 0.2) is 5.67 Å². The summed E-state index contributed by atoms with van der Waals surface area (Å²) in [7, 11) is 0. The lowest BCUT2D eigenvalue weighted by molar-refractivity contribution is -0.148. The molecule has 0 amide bonds. The summed E-state index contributed by atoms with van der Waals surface area (Å²) in [6, 6.07) is 9.22. The summed E-state index contributed by atoms with van der Waals surface area (Å²) < 4.78 is 70.1. The fourth-order valence-electron chi connectivity index (χ4n) is 5.96. The van der Waals surface area contributed by atoms with Crippen molar-refractivity contribution in [3.8, 4) is 5.75 Å². The Kier molecular flexibility index (Phi) is 6.41. The fraction of sp³-hybridized carbons (Fsp3) is 0.500. The predicted octanol–water partition coefficient (Wildman–Crippen LogP) is 4.80. The number of benzene rings is 2. The summed E-state index contributed by atoms with van der Waals surface area (Å²) in [6.07, 6.45) is 0.636. The minimum Gasteiger partial charge on any atom is -0.492 e. The Morgan fingerprint density at radius 1 is 1.14 bits per heavy atom. The van der Waals surface area contributed by atoms with Crippen molar-refractivity contribution in [1.82, 2.24) is 14.8 Å². The van der Waals surface area contributed by atoms with Crippen LogP contribution < -0.4 is 4.74 Å². The standard InChI is InChI=1S/C28H31F4N3O2/c1-17-8-21-20-4-2-3-5-24(20)33-26(21)27(35(17)14-28(32)15-36-16-28)25-22(30)9-19(10-23(25)31)37-7-6-34-12-18(11-29)13-34/h2-5,9-10,17-18,27,33H,6-8,11-16H2,1H3/t17-,27-/m1/s1. The van der Waals surface area contributed by atoms with Crippen LogP contribution in [0.4, 0.5) is 17.6 Å². The van der Waals surface area contributed by atoms with E-state index in [4.69, 9.17) is 9.47 Å². The lowest BCUT2D eigenvalue weighted by atomic mass is 9.86. The van der Waals surface area contributed by atoms with Crippen LogP contribution in [-0.4, -0.2) is 79.2 Å². The third-order valence-corrected chi connectivity index (χ3v) is 7.96. The lowest BCUT2D eigenvalue weighted by Crippen LogP contribution is -2.57. The fourth-order valence-corrected chi connectivity index (χ4v) is 5.96. The first-order valence-corrected chi connectivity index (χ1v) is 12.9. The summed E-state index contributed by atoms with van der Waals surface area (Å²) in [5.41, 5.74) is 0.904. The molecule has 2 saturated heterocycles. The van der Waals surface area contributed by atoms with E-state index in [9.17, 15) is 4.39 Å². The van der Waals surface area contributed by atoms with Crippen LogP contribution in [0.1, 0.15) is 29.8 Å². The van der Waals surface area contributed by atoms with E-state index in [0.717, 1.165) is 16.5 Å². The number of fused-ring (bicyclic) bond motifs is 3. The van der Waals surface area contributed by atoms with Gasteiger partial charge in [-0.25, -0.2) is 13.2 Å². The molecule has 3 aromatic rings. The highest BCUT2D eigenvalue weighted by atomic mass is 19.1. The van der Waals surface area contributed by atoms with Crippen molar-refractivity contribution < 1.29 is 27.0 Å². The van der Waals surface area contributed by atoms with Crippen LogP contribution in [0.3, 0.4) is 0 Å². The van der Waals surface area contributed by atoms with Gasteiger partial charge < -0.3 is 14.5 Å². The van der Waals surface area contributed by atoms with Gasteiger partial charge in [-0.15, -0.1) is 0 Å². The third-order valence-electron chi connectivity index (χ3n) is 7.96. The maximum absolute atomic E-state index is 15.7. The van der Waals surface area contributed by atoms with Gasteiger partial charge in [0.2, 0.25) is 0 Å². The first-order chi connectivity index (χ1) is 17.8. The number of ether oxygens (including phenoxy) is 2. The minimum absolute atomic E-state index is 0.0144. The molecule has 37 heavy (non-hydrogen) atoms. The molecule has 3 aliphatic rings. The second-order valence-corrected chi connectivity index (χ2v) is 10.8. The molecular weight excluding hydrogens is 486 g/mol. The third kappa shape index (κ3) is 4.51. The van der Waals surface area contributed by atoms with E-state index in [0.29, 0.717) is 31.7 Å². The van der Waals surface area contributed by atoms with Gasteiger partial charge in [0, 0.05) is 72.4 Å². The van der Waals surface area contributed by atoms with Gasteiger partial charge in [-0.1, -0.05) is 18.2 Å². The monoisotopic (exact) mass is 517 g/mol. The molecule has 0 saturated carbocycles. The van der Waals surface area contributed by atoms with Gasteiger partial charge in [-0.05, 0) is 25.0 Å². The Labute approximate surface area is 213 Å². The van der Waals surface area contributed by atoms with Gasteiger partial charge in [-0.3, -0.25) is 14.2 Å². The Morgan fingerprint density at radius 3 is 2.54 bits per heavy atom. The molecule has 1 N–H and O–H groups in total. The molecule has 0 unspecified atom stereocenters. The highest BCUT2D eigenvalue weighted by Gasteiger charge is 2.46. The first-order valence-electron chi connectivity index (χ1n) is 12.9. The van der Waals surface area contributed by atoms with Crippen molar-refractivity contribution in [2.75, 3.05) is 52.7 Å². The van der Waals surface area contributed by atoms with Crippen LogP contribution in [0.2, 0.25) is 0 Å². The molecule has 2 atom stereocenters. The molecule has 198 valence electrons. The zero-order valence-electron chi connectivity index (χ0n) is 20.8. The quantitative estimate of drug-likeness (QED) is 0.436. The Morgan fingerprint density at radius 2 is 1.86 bits per heavy atom. The van der Waals surface area contributed by atoms with Crippen molar-refractivity contribution in [2.24, 2.45) is 5.92 Å². The first kappa shape index (κ1) is 24.7. The number of aromatic amines is 1. The van der Waals surface area contributed by atoms with E-state index in [2.05, 4.69) is 4.98 Å².